The van der Waals surface area contributed by atoms with Gasteiger partial charge in [0, 0.05) is 5.56 Å². The molecule has 0 fully saturated rings. The van der Waals surface area contributed by atoms with Gasteiger partial charge in [-0.3, -0.25) is 0 Å². The fraction of sp³-hybridized carbons (Fsp3) is 0.455. The Hall–Kier alpha value is -2.10. The molecule has 0 aromatic heterocycles. The van der Waals surface area contributed by atoms with Crippen molar-refractivity contribution in [1.29, 1.82) is 0 Å². The monoisotopic (exact) mass is 362 g/mol. The topological polar surface area (TPSA) is 29.5 Å². The van der Waals surface area contributed by atoms with E-state index in [4.69, 9.17) is 4.74 Å². The molecule has 0 saturated carbocycles. The van der Waals surface area contributed by atoms with Crippen LogP contribution >= 0.6 is 0 Å². The first-order chi connectivity index (χ1) is 12.6. The van der Waals surface area contributed by atoms with Gasteiger partial charge in [-0.2, -0.15) is 4.39 Å². The predicted molar refractivity (Wildman–Crippen MR) is 102 cm³/mol. The number of benzene rings is 2. The zero-order chi connectivity index (χ0) is 18.8. The first-order valence-corrected chi connectivity index (χ1v) is 9.53. The van der Waals surface area contributed by atoms with Crippen molar-refractivity contribution in [2.75, 3.05) is 6.61 Å². The van der Waals surface area contributed by atoms with Crippen LogP contribution in [0.4, 0.5) is 8.78 Å². The maximum absolute atomic E-state index is 14.3. The Labute approximate surface area is 154 Å². The van der Waals surface area contributed by atoms with Crippen molar-refractivity contribution in [2.24, 2.45) is 0 Å². The molecule has 0 amide bonds. The fourth-order valence-electron chi connectivity index (χ4n) is 2.93. The SMILES string of the molecule is CCCCCCCCCCOc1ccc(-c2ccc(O)cc2)c(F)c1F. The standard InChI is InChI=1S/C22H28F2O2/c1-2-3-4-5-6-7-8-9-16-26-20-15-14-19(21(23)22(20)24)17-10-12-18(25)13-11-17/h10-15,25H,2-9,16H2,1H3. The summed E-state index contributed by atoms with van der Waals surface area (Å²) >= 11 is 0. The molecule has 4 heteroatoms. The lowest BCUT2D eigenvalue weighted by Crippen LogP contribution is -2.01. The van der Waals surface area contributed by atoms with E-state index in [0.29, 0.717) is 12.2 Å². The van der Waals surface area contributed by atoms with E-state index < -0.39 is 11.6 Å². The molecule has 0 heterocycles. The second-order valence-electron chi connectivity index (χ2n) is 6.61. The molecule has 0 bridgehead atoms. The summed E-state index contributed by atoms with van der Waals surface area (Å²) in [5.41, 5.74) is 0.663. The molecule has 2 nitrogen and oxygen atoms in total. The highest BCUT2D eigenvalue weighted by atomic mass is 19.2. The smallest absolute Gasteiger partial charge is 0.201 e. The molecule has 2 rings (SSSR count). The van der Waals surface area contributed by atoms with Crippen LogP contribution in [0.15, 0.2) is 36.4 Å². The largest absolute Gasteiger partial charge is 0.508 e. The third kappa shape index (κ3) is 6.01. The number of ether oxygens (including phenoxy) is 1. The molecular formula is C22H28F2O2. The third-order valence-electron chi connectivity index (χ3n) is 4.48. The van der Waals surface area contributed by atoms with E-state index in [-0.39, 0.29) is 17.1 Å². The Balaban J connectivity index is 1.80. The van der Waals surface area contributed by atoms with Gasteiger partial charge >= 0.3 is 0 Å². The van der Waals surface area contributed by atoms with E-state index >= 15 is 0 Å². The van der Waals surface area contributed by atoms with Crippen LogP contribution in [0.3, 0.4) is 0 Å². The minimum atomic E-state index is -0.963. The maximum Gasteiger partial charge on any atom is 0.201 e. The zero-order valence-electron chi connectivity index (χ0n) is 15.4. The second-order valence-corrected chi connectivity index (χ2v) is 6.61. The lowest BCUT2D eigenvalue weighted by molar-refractivity contribution is 0.285. The van der Waals surface area contributed by atoms with Crippen LogP contribution in [0.2, 0.25) is 0 Å². The van der Waals surface area contributed by atoms with Crippen molar-refractivity contribution in [2.45, 2.75) is 58.3 Å². The highest BCUT2D eigenvalue weighted by Crippen LogP contribution is 2.30. The number of halogens is 2. The van der Waals surface area contributed by atoms with E-state index in [2.05, 4.69) is 6.92 Å². The number of unbranched alkanes of at least 4 members (excludes halogenated alkanes) is 7. The van der Waals surface area contributed by atoms with Crippen molar-refractivity contribution in [3.63, 3.8) is 0 Å². The predicted octanol–water partition coefficient (Wildman–Crippen LogP) is 6.86. The Bertz CT molecular complexity index is 669. The van der Waals surface area contributed by atoms with Crippen LogP contribution in [0.1, 0.15) is 58.3 Å². The van der Waals surface area contributed by atoms with E-state index in [0.717, 1.165) is 19.3 Å². The van der Waals surface area contributed by atoms with E-state index in [1.807, 2.05) is 0 Å². The molecule has 0 spiro atoms. The first kappa shape index (κ1) is 20.2. The number of rotatable bonds is 11. The molecule has 1 N–H and O–H groups in total. The fourth-order valence-corrected chi connectivity index (χ4v) is 2.93. The summed E-state index contributed by atoms with van der Waals surface area (Å²) in [7, 11) is 0. The van der Waals surface area contributed by atoms with Crippen molar-refractivity contribution >= 4 is 0 Å². The quantitative estimate of drug-likeness (QED) is 0.443. The molecular weight excluding hydrogens is 334 g/mol. The molecule has 26 heavy (non-hydrogen) atoms. The van der Waals surface area contributed by atoms with Gasteiger partial charge in [0.05, 0.1) is 6.61 Å². The average molecular weight is 362 g/mol. The third-order valence-corrected chi connectivity index (χ3v) is 4.48. The normalized spacial score (nSPS) is 10.9. The van der Waals surface area contributed by atoms with Gasteiger partial charge in [-0.15, -0.1) is 0 Å². The Kier molecular flexibility index (Phi) is 8.39. The summed E-state index contributed by atoms with van der Waals surface area (Å²) in [4.78, 5) is 0. The molecule has 0 radical (unpaired) electrons. The van der Waals surface area contributed by atoms with Gasteiger partial charge in [-0.05, 0) is 36.2 Å². The zero-order valence-corrected chi connectivity index (χ0v) is 15.4. The number of aromatic hydroxyl groups is 1. The Morgan fingerprint density at radius 3 is 2.04 bits per heavy atom. The van der Waals surface area contributed by atoms with Crippen LogP contribution < -0.4 is 4.74 Å². The lowest BCUT2D eigenvalue weighted by Gasteiger charge is -2.10. The minimum absolute atomic E-state index is 0.0482. The molecule has 0 unspecified atom stereocenters. The van der Waals surface area contributed by atoms with Gasteiger partial charge in [-0.1, -0.05) is 64.0 Å². The van der Waals surface area contributed by atoms with Gasteiger partial charge < -0.3 is 9.84 Å². The van der Waals surface area contributed by atoms with Crippen molar-refractivity contribution in [3.8, 4) is 22.6 Å². The van der Waals surface area contributed by atoms with Crippen LogP contribution in [0, 0.1) is 11.6 Å². The molecule has 0 saturated heterocycles. The van der Waals surface area contributed by atoms with Crippen LogP contribution in [0.25, 0.3) is 11.1 Å². The minimum Gasteiger partial charge on any atom is -0.508 e. The second kappa shape index (κ2) is 10.8. The van der Waals surface area contributed by atoms with Crippen LogP contribution in [0.5, 0.6) is 11.5 Å². The van der Waals surface area contributed by atoms with Crippen molar-refractivity contribution < 1.29 is 18.6 Å². The molecule has 0 aliphatic heterocycles. The van der Waals surface area contributed by atoms with Crippen molar-refractivity contribution in [3.05, 3.63) is 48.0 Å². The van der Waals surface area contributed by atoms with E-state index in [1.54, 1.807) is 12.1 Å². The highest BCUT2D eigenvalue weighted by molar-refractivity contribution is 5.66. The first-order valence-electron chi connectivity index (χ1n) is 9.53. The summed E-state index contributed by atoms with van der Waals surface area (Å²) in [5, 5.41) is 9.30. The lowest BCUT2D eigenvalue weighted by atomic mass is 10.0. The van der Waals surface area contributed by atoms with Crippen molar-refractivity contribution in [1.82, 2.24) is 0 Å². The molecule has 2 aromatic carbocycles. The van der Waals surface area contributed by atoms with E-state index in [1.165, 1.54) is 56.4 Å². The van der Waals surface area contributed by atoms with Gasteiger partial charge in [0.25, 0.3) is 0 Å². The number of phenols is 1. The molecule has 2 aromatic rings. The van der Waals surface area contributed by atoms with E-state index in [9.17, 15) is 13.9 Å². The number of hydrogen-bond donors (Lipinski definition) is 1. The summed E-state index contributed by atoms with van der Waals surface area (Å²) < 4.78 is 34.0. The van der Waals surface area contributed by atoms with Crippen LogP contribution in [-0.4, -0.2) is 11.7 Å². The molecule has 0 atom stereocenters. The summed E-state index contributed by atoms with van der Waals surface area (Å²) in [5.74, 6) is -1.85. The maximum atomic E-state index is 14.3. The Morgan fingerprint density at radius 2 is 1.38 bits per heavy atom. The average Bonchev–Trinajstić information content (AvgIpc) is 2.65. The number of hydrogen-bond acceptors (Lipinski definition) is 2. The number of phenolic OH excluding ortho intramolecular Hbond substituents is 1. The van der Waals surface area contributed by atoms with Gasteiger partial charge in [0.15, 0.2) is 11.6 Å². The summed E-state index contributed by atoms with van der Waals surface area (Å²) in [6.45, 7) is 2.60. The van der Waals surface area contributed by atoms with Gasteiger partial charge in [0.1, 0.15) is 5.75 Å². The summed E-state index contributed by atoms with van der Waals surface area (Å²) in [6, 6.07) is 8.96. The van der Waals surface area contributed by atoms with Gasteiger partial charge in [-0.25, -0.2) is 4.39 Å². The highest BCUT2D eigenvalue weighted by Gasteiger charge is 2.15. The summed E-state index contributed by atoms with van der Waals surface area (Å²) in [6.07, 6.45) is 9.39. The molecule has 0 aliphatic rings. The molecule has 142 valence electrons. The van der Waals surface area contributed by atoms with Gasteiger partial charge in [0.2, 0.25) is 5.82 Å². The molecule has 0 aliphatic carbocycles. The van der Waals surface area contributed by atoms with Crippen LogP contribution in [-0.2, 0) is 0 Å². The Morgan fingerprint density at radius 1 is 0.769 bits per heavy atom.